The molecular weight excluding hydrogens is 320 g/mol. The van der Waals surface area contributed by atoms with Crippen LogP contribution in [-0.4, -0.2) is 37.0 Å². The van der Waals surface area contributed by atoms with Gasteiger partial charge in [0.25, 0.3) is 0 Å². The number of rotatable bonds is 9. The number of carboxylic acid groups (broad SMARTS) is 1. The summed E-state index contributed by atoms with van der Waals surface area (Å²) < 4.78 is 16.4. The number of ether oxygens (including phenoxy) is 3. The number of unbranched alkanes of at least 4 members (excludes halogenated alkanes) is 1. The van der Waals surface area contributed by atoms with Gasteiger partial charge < -0.3 is 19.3 Å². The van der Waals surface area contributed by atoms with Crippen molar-refractivity contribution >= 4 is 5.97 Å². The van der Waals surface area contributed by atoms with Crippen molar-refractivity contribution in [2.24, 2.45) is 0 Å². The zero-order chi connectivity index (χ0) is 17.6. The molecule has 3 rings (SSSR count). The first-order valence-electron chi connectivity index (χ1n) is 8.52. The Balaban J connectivity index is 1.79. The van der Waals surface area contributed by atoms with Crippen molar-refractivity contribution in [3.63, 3.8) is 0 Å². The molecule has 1 unspecified atom stereocenters. The van der Waals surface area contributed by atoms with Gasteiger partial charge in [-0.2, -0.15) is 0 Å². The molecule has 0 radical (unpaired) electrons. The van der Waals surface area contributed by atoms with Gasteiger partial charge in [0.05, 0.1) is 18.8 Å². The Morgan fingerprint density at radius 3 is 2.52 bits per heavy atom. The number of carboxylic acids is 1. The molecule has 0 aliphatic carbocycles. The minimum Gasteiger partial charge on any atom is -0.494 e. The predicted molar refractivity (Wildman–Crippen MR) is 94.5 cm³/mol. The zero-order valence-corrected chi connectivity index (χ0v) is 14.2. The van der Waals surface area contributed by atoms with Gasteiger partial charge >= 0.3 is 5.97 Å². The third-order valence-electron chi connectivity index (χ3n) is 3.99. The van der Waals surface area contributed by atoms with Gasteiger partial charge in [0.2, 0.25) is 0 Å². The van der Waals surface area contributed by atoms with Gasteiger partial charge in [0.15, 0.2) is 0 Å². The van der Waals surface area contributed by atoms with Crippen LogP contribution in [0.4, 0.5) is 0 Å². The van der Waals surface area contributed by atoms with Crippen molar-refractivity contribution in [1.82, 2.24) is 0 Å². The Labute approximate surface area is 147 Å². The smallest absolute Gasteiger partial charge is 0.336 e. The van der Waals surface area contributed by atoms with Gasteiger partial charge in [0.1, 0.15) is 24.2 Å². The molecule has 0 spiro atoms. The van der Waals surface area contributed by atoms with E-state index in [1.165, 1.54) is 0 Å². The van der Waals surface area contributed by atoms with Gasteiger partial charge in [-0.05, 0) is 47.9 Å². The van der Waals surface area contributed by atoms with E-state index in [0.717, 1.165) is 30.8 Å². The third kappa shape index (κ3) is 4.73. The van der Waals surface area contributed by atoms with E-state index < -0.39 is 5.97 Å². The average molecular weight is 342 g/mol. The fourth-order valence-corrected chi connectivity index (χ4v) is 2.46. The topological polar surface area (TPSA) is 68.3 Å². The molecule has 0 aromatic heterocycles. The molecule has 0 bridgehead atoms. The normalized spacial score (nSPS) is 15.6. The first-order valence-corrected chi connectivity index (χ1v) is 8.52. The second kappa shape index (κ2) is 8.03. The minimum atomic E-state index is -0.957. The maximum absolute atomic E-state index is 11.5. The van der Waals surface area contributed by atoms with Gasteiger partial charge in [-0.1, -0.05) is 25.5 Å². The molecule has 1 aliphatic rings. The Morgan fingerprint density at radius 2 is 1.88 bits per heavy atom. The summed E-state index contributed by atoms with van der Waals surface area (Å²) in [5.41, 5.74) is 1.70. The molecule has 1 heterocycles. The van der Waals surface area contributed by atoms with Gasteiger partial charge in [-0.25, -0.2) is 4.79 Å². The number of benzene rings is 2. The Hall–Kier alpha value is -2.53. The van der Waals surface area contributed by atoms with Crippen LogP contribution in [0.2, 0.25) is 0 Å². The van der Waals surface area contributed by atoms with Crippen LogP contribution in [0.3, 0.4) is 0 Å². The summed E-state index contributed by atoms with van der Waals surface area (Å²) in [7, 11) is 0. The number of hydrogen-bond acceptors (Lipinski definition) is 4. The Morgan fingerprint density at radius 1 is 1.16 bits per heavy atom. The quantitative estimate of drug-likeness (QED) is 0.551. The van der Waals surface area contributed by atoms with Crippen LogP contribution in [0.1, 0.15) is 30.1 Å². The van der Waals surface area contributed by atoms with Gasteiger partial charge in [0, 0.05) is 0 Å². The molecule has 1 aliphatic heterocycles. The summed E-state index contributed by atoms with van der Waals surface area (Å²) in [5.74, 6) is 0.465. The second-order valence-corrected chi connectivity index (χ2v) is 6.01. The summed E-state index contributed by atoms with van der Waals surface area (Å²) in [5, 5.41) is 9.46. The van der Waals surface area contributed by atoms with Crippen LogP contribution in [0.5, 0.6) is 11.5 Å². The van der Waals surface area contributed by atoms with Crippen molar-refractivity contribution < 1.29 is 24.1 Å². The highest BCUT2D eigenvalue weighted by molar-refractivity contribution is 5.96. The van der Waals surface area contributed by atoms with E-state index in [9.17, 15) is 9.90 Å². The van der Waals surface area contributed by atoms with Crippen molar-refractivity contribution in [2.75, 3.05) is 19.8 Å². The second-order valence-electron chi connectivity index (χ2n) is 6.01. The first kappa shape index (κ1) is 17.3. The molecule has 5 heteroatoms. The Kier molecular flexibility index (Phi) is 5.56. The lowest BCUT2D eigenvalue weighted by atomic mass is 9.99. The van der Waals surface area contributed by atoms with Crippen molar-refractivity contribution in [3.8, 4) is 22.6 Å². The number of carbonyl (C=O) groups is 1. The lowest BCUT2D eigenvalue weighted by molar-refractivity contribution is 0.0697. The molecule has 5 nitrogen and oxygen atoms in total. The van der Waals surface area contributed by atoms with Crippen LogP contribution >= 0.6 is 0 Å². The first-order chi connectivity index (χ1) is 12.2. The van der Waals surface area contributed by atoms with Crippen LogP contribution < -0.4 is 9.47 Å². The summed E-state index contributed by atoms with van der Waals surface area (Å²) in [6, 6.07) is 12.5. The van der Waals surface area contributed by atoms with Crippen molar-refractivity contribution in [2.45, 2.75) is 25.9 Å². The minimum absolute atomic E-state index is 0.204. The van der Waals surface area contributed by atoms with Crippen molar-refractivity contribution in [1.29, 1.82) is 0 Å². The molecule has 1 atom stereocenters. The molecule has 2 aromatic rings. The summed E-state index contributed by atoms with van der Waals surface area (Å²) >= 11 is 0. The molecular formula is C20H22O5. The van der Waals surface area contributed by atoms with Gasteiger partial charge in [-0.15, -0.1) is 0 Å². The van der Waals surface area contributed by atoms with E-state index in [1.807, 2.05) is 24.3 Å². The summed E-state index contributed by atoms with van der Waals surface area (Å²) in [6.45, 7) is 4.02. The van der Waals surface area contributed by atoms with E-state index in [0.29, 0.717) is 24.5 Å². The lowest BCUT2D eigenvalue weighted by Gasteiger charge is -2.11. The van der Waals surface area contributed by atoms with Crippen molar-refractivity contribution in [3.05, 3.63) is 48.0 Å². The van der Waals surface area contributed by atoms with E-state index in [1.54, 1.807) is 18.2 Å². The van der Waals surface area contributed by atoms with E-state index in [2.05, 4.69) is 6.92 Å². The molecule has 2 aromatic carbocycles. The number of hydrogen-bond donors (Lipinski definition) is 1. The molecule has 0 saturated carbocycles. The molecule has 1 saturated heterocycles. The average Bonchev–Trinajstić information content (AvgIpc) is 3.45. The number of aromatic carboxylic acids is 1. The largest absolute Gasteiger partial charge is 0.494 e. The highest BCUT2D eigenvalue weighted by Gasteiger charge is 2.23. The fraction of sp³-hybridized carbons (Fsp3) is 0.350. The highest BCUT2D eigenvalue weighted by atomic mass is 16.6. The van der Waals surface area contributed by atoms with Crippen LogP contribution in [-0.2, 0) is 4.74 Å². The highest BCUT2D eigenvalue weighted by Crippen LogP contribution is 2.30. The van der Waals surface area contributed by atoms with E-state index >= 15 is 0 Å². The van der Waals surface area contributed by atoms with Crippen LogP contribution in [0.15, 0.2) is 42.5 Å². The molecule has 0 amide bonds. The van der Waals surface area contributed by atoms with E-state index in [4.69, 9.17) is 14.2 Å². The monoisotopic (exact) mass is 342 g/mol. The van der Waals surface area contributed by atoms with Gasteiger partial charge in [-0.3, -0.25) is 0 Å². The van der Waals surface area contributed by atoms with E-state index in [-0.39, 0.29) is 11.7 Å². The summed E-state index contributed by atoms with van der Waals surface area (Å²) in [6.07, 6.45) is 2.22. The molecule has 132 valence electrons. The molecule has 1 fully saturated rings. The third-order valence-corrected chi connectivity index (χ3v) is 3.99. The lowest BCUT2D eigenvalue weighted by Crippen LogP contribution is -2.04. The molecule has 25 heavy (non-hydrogen) atoms. The maximum atomic E-state index is 11.5. The zero-order valence-electron chi connectivity index (χ0n) is 14.2. The van der Waals surface area contributed by atoms with Crippen LogP contribution in [0.25, 0.3) is 11.1 Å². The maximum Gasteiger partial charge on any atom is 0.336 e. The summed E-state index contributed by atoms with van der Waals surface area (Å²) in [4.78, 5) is 11.5. The fourth-order valence-electron chi connectivity index (χ4n) is 2.46. The predicted octanol–water partition coefficient (Wildman–Crippen LogP) is 4.01. The molecule has 1 N–H and O–H groups in total. The Bertz CT molecular complexity index is 719. The van der Waals surface area contributed by atoms with Crippen LogP contribution in [0, 0.1) is 0 Å². The standard InChI is InChI=1S/C20H22O5/c1-2-3-10-23-16-8-9-18(20(21)22)19(11-16)14-4-6-15(7-5-14)24-12-17-13-25-17/h4-9,11,17H,2-3,10,12-13H2,1H3,(H,21,22). The number of epoxide rings is 1. The SMILES string of the molecule is CCCCOc1ccc(C(=O)O)c(-c2ccc(OCC3CO3)cc2)c1.